The Hall–Kier alpha value is -1.12. The fourth-order valence-corrected chi connectivity index (χ4v) is 2.65. The molecule has 0 radical (unpaired) electrons. The van der Waals surface area contributed by atoms with Crippen LogP contribution >= 0.6 is 22.6 Å². The van der Waals surface area contributed by atoms with E-state index in [-0.39, 0.29) is 11.9 Å². The Kier molecular flexibility index (Phi) is 5.46. The first kappa shape index (κ1) is 17.2. The monoisotopic (exact) mass is 421 g/mol. The van der Waals surface area contributed by atoms with E-state index in [9.17, 15) is 9.18 Å². The number of ether oxygens (including phenoxy) is 1. The van der Waals surface area contributed by atoms with Crippen molar-refractivity contribution in [1.29, 1.82) is 0 Å². The highest BCUT2D eigenvalue weighted by molar-refractivity contribution is 14.1. The molecule has 1 aromatic rings. The second-order valence-corrected chi connectivity index (χ2v) is 7.55. The number of carbonyl (C=O) groups is 1. The zero-order chi connectivity index (χ0) is 16.3. The summed E-state index contributed by atoms with van der Waals surface area (Å²) in [5, 5.41) is 2.88. The van der Waals surface area contributed by atoms with Crippen LogP contribution in [0.2, 0.25) is 0 Å². The predicted octanol–water partition coefficient (Wildman–Crippen LogP) is 3.32. The van der Waals surface area contributed by atoms with Crippen molar-refractivity contribution in [2.75, 3.05) is 18.0 Å². The highest BCUT2D eigenvalue weighted by atomic mass is 127. The molecule has 0 aliphatic carbocycles. The van der Waals surface area contributed by atoms with E-state index in [0.29, 0.717) is 15.9 Å². The molecule has 1 amide bonds. The Bertz CT molecular complexity index is 548. The van der Waals surface area contributed by atoms with Crippen LogP contribution in [0.4, 0.5) is 15.0 Å². The summed E-state index contributed by atoms with van der Waals surface area (Å²) < 4.78 is 19.4. The minimum atomic E-state index is -0.515. The zero-order valence-electron chi connectivity index (χ0n) is 13.0. The molecule has 5 nitrogen and oxygen atoms in total. The first-order valence-corrected chi connectivity index (χ1v) is 8.38. The van der Waals surface area contributed by atoms with Gasteiger partial charge in [-0.2, -0.15) is 0 Å². The summed E-state index contributed by atoms with van der Waals surface area (Å²) in [7, 11) is 0. The molecule has 1 aliphatic rings. The number of alkyl carbamates (subject to hydrolysis) is 1. The van der Waals surface area contributed by atoms with Crippen LogP contribution in [0, 0.1) is 9.39 Å². The molecule has 1 aliphatic heterocycles. The third-order valence-corrected chi connectivity index (χ3v) is 4.05. The fraction of sp³-hybridized carbons (Fsp3) is 0.600. The molecule has 0 bridgehead atoms. The molecule has 1 unspecified atom stereocenters. The lowest BCUT2D eigenvalue weighted by Crippen LogP contribution is -2.49. The molecule has 1 aromatic heterocycles. The van der Waals surface area contributed by atoms with Gasteiger partial charge in [-0.15, -0.1) is 0 Å². The van der Waals surface area contributed by atoms with Gasteiger partial charge in [0.25, 0.3) is 0 Å². The van der Waals surface area contributed by atoms with Crippen molar-refractivity contribution in [3.63, 3.8) is 0 Å². The van der Waals surface area contributed by atoms with Crippen LogP contribution in [0.15, 0.2) is 12.3 Å². The minimum Gasteiger partial charge on any atom is -0.444 e. The lowest BCUT2D eigenvalue weighted by molar-refractivity contribution is 0.0500. The van der Waals surface area contributed by atoms with Crippen molar-refractivity contribution in [3.8, 4) is 0 Å². The fourth-order valence-electron chi connectivity index (χ4n) is 2.35. The van der Waals surface area contributed by atoms with Crippen molar-refractivity contribution in [2.45, 2.75) is 45.3 Å². The van der Waals surface area contributed by atoms with Crippen molar-refractivity contribution < 1.29 is 13.9 Å². The van der Waals surface area contributed by atoms with Crippen molar-refractivity contribution in [3.05, 3.63) is 21.7 Å². The summed E-state index contributed by atoms with van der Waals surface area (Å²) in [6, 6.07) is 1.42. The lowest BCUT2D eigenvalue weighted by Gasteiger charge is -2.34. The smallest absolute Gasteiger partial charge is 0.407 e. The molecule has 2 heterocycles. The highest BCUT2D eigenvalue weighted by Crippen LogP contribution is 2.21. The number of hydrogen-bond donors (Lipinski definition) is 1. The van der Waals surface area contributed by atoms with E-state index in [1.165, 1.54) is 12.3 Å². The second-order valence-electron chi connectivity index (χ2n) is 6.39. The molecule has 1 saturated heterocycles. The summed E-state index contributed by atoms with van der Waals surface area (Å²) in [4.78, 5) is 18.1. The number of piperidine rings is 1. The maximum absolute atomic E-state index is 13.7. The number of anilines is 1. The quantitative estimate of drug-likeness (QED) is 0.745. The van der Waals surface area contributed by atoms with Gasteiger partial charge in [0.1, 0.15) is 17.2 Å². The molecule has 1 atom stereocenters. The van der Waals surface area contributed by atoms with Crippen LogP contribution in [-0.2, 0) is 4.74 Å². The number of nitrogens with zero attached hydrogens (tertiary/aromatic N) is 2. The van der Waals surface area contributed by atoms with Gasteiger partial charge in [0.15, 0.2) is 0 Å². The van der Waals surface area contributed by atoms with Crippen LogP contribution in [0.25, 0.3) is 0 Å². The van der Waals surface area contributed by atoms with Crippen molar-refractivity contribution in [1.82, 2.24) is 10.3 Å². The Morgan fingerprint density at radius 1 is 1.55 bits per heavy atom. The van der Waals surface area contributed by atoms with Gasteiger partial charge in [0, 0.05) is 31.4 Å². The number of hydrogen-bond acceptors (Lipinski definition) is 4. The number of aromatic nitrogens is 1. The zero-order valence-corrected chi connectivity index (χ0v) is 15.2. The van der Waals surface area contributed by atoms with Gasteiger partial charge in [-0.05, 0) is 56.2 Å². The highest BCUT2D eigenvalue weighted by Gasteiger charge is 2.25. The number of halogens is 2. The van der Waals surface area contributed by atoms with E-state index >= 15 is 0 Å². The van der Waals surface area contributed by atoms with E-state index in [2.05, 4.69) is 10.3 Å². The largest absolute Gasteiger partial charge is 0.444 e. The molecular weight excluding hydrogens is 400 g/mol. The van der Waals surface area contributed by atoms with Gasteiger partial charge in [0.2, 0.25) is 0 Å². The van der Waals surface area contributed by atoms with Gasteiger partial charge < -0.3 is 15.0 Å². The third kappa shape index (κ3) is 4.96. The molecule has 1 fully saturated rings. The molecule has 22 heavy (non-hydrogen) atoms. The molecule has 0 spiro atoms. The van der Waals surface area contributed by atoms with Crippen molar-refractivity contribution >= 4 is 34.5 Å². The molecule has 7 heteroatoms. The lowest BCUT2D eigenvalue weighted by atomic mass is 10.1. The molecule has 122 valence electrons. The SMILES string of the molecule is CC(C)(C)OC(=O)NC1CCCN(c2cc(F)c(I)cn2)C1. The summed E-state index contributed by atoms with van der Waals surface area (Å²) in [6.45, 7) is 6.90. The maximum Gasteiger partial charge on any atom is 0.407 e. The normalized spacial score (nSPS) is 19.0. The topological polar surface area (TPSA) is 54.5 Å². The minimum absolute atomic E-state index is 0.0206. The summed E-state index contributed by atoms with van der Waals surface area (Å²) >= 11 is 1.91. The average Bonchev–Trinajstić information content (AvgIpc) is 2.40. The number of rotatable bonds is 2. The van der Waals surface area contributed by atoms with Crippen LogP contribution in [0.1, 0.15) is 33.6 Å². The standard InChI is InChI=1S/C15H21FIN3O2/c1-15(2,3)22-14(21)19-10-5-4-6-20(9-10)13-7-11(16)12(17)8-18-13/h7-8,10H,4-6,9H2,1-3H3,(H,19,21). The van der Waals surface area contributed by atoms with Gasteiger partial charge in [-0.25, -0.2) is 14.2 Å². The maximum atomic E-state index is 13.7. The number of nitrogens with one attached hydrogen (secondary N) is 1. The van der Waals surface area contributed by atoms with Crippen LogP contribution < -0.4 is 10.2 Å². The second kappa shape index (κ2) is 6.97. The van der Waals surface area contributed by atoms with Gasteiger partial charge >= 0.3 is 6.09 Å². The van der Waals surface area contributed by atoms with Gasteiger partial charge in [0.05, 0.1) is 3.57 Å². The predicted molar refractivity (Wildman–Crippen MR) is 91.5 cm³/mol. The third-order valence-electron chi connectivity index (χ3n) is 3.26. The van der Waals surface area contributed by atoms with Crippen LogP contribution in [-0.4, -0.2) is 35.8 Å². The first-order chi connectivity index (χ1) is 10.2. The van der Waals surface area contributed by atoms with Gasteiger partial charge in [-0.3, -0.25) is 0 Å². The van der Waals surface area contributed by atoms with Crippen molar-refractivity contribution in [2.24, 2.45) is 0 Å². The van der Waals surface area contributed by atoms with Crippen LogP contribution in [0.3, 0.4) is 0 Å². The van der Waals surface area contributed by atoms with E-state index in [0.717, 1.165) is 19.4 Å². The number of pyridine rings is 1. The molecule has 0 saturated carbocycles. The molecule has 1 N–H and O–H groups in total. The number of carbonyl (C=O) groups excluding carboxylic acids is 1. The van der Waals surface area contributed by atoms with Gasteiger partial charge in [-0.1, -0.05) is 0 Å². The summed E-state index contributed by atoms with van der Waals surface area (Å²) in [6.07, 6.45) is 2.90. The Balaban J connectivity index is 1.96. The van der Waals surface area contributed by atoms with E-state index in [1.54, 1.807) is 0 Å². The molecular formula is C15H21FIN3O2. The van der Waals surface area contributed by atoms with E-state index < -0.39 is 11.7 Å². The Labute approximate surface area is 143 Å². The summed E-state index contributed by atoms with van der Waals surface area (Å²) in [5.74, 6) is 0.335. The molecule has 0 aromatic carbocycles. The summed E-state index contributed by atoms with van der Waals surface area (Å²) in [5.41, 5.74) is -0.515. The average molecular weight is 421 g/mol. The van der Waals surface area contributed by atoms with E-state index in [4.69, 9.17) is 4.74 Å². The number of amides is 1. The Morgan fingerprint density at radius 3 is 2.91 bits per heavy atom. The van der Waals surface area contributed by atoms with E-state index in [1.807, 2.05) is 48.3 Å². The van der Waals surface area contributed by atoms with Crippen LogP contribution in [0.5, 0.6) is 0 Å². The Morgan fingerprint density at radius 2 is 2.27 bits per heavy atom. The first-order valence-electron chi connectivity index (χ1n) is 7.30. The molecule has 2 rings (SSSR count).